The van der Waals surface area contributed by atoms with Crippen molar-refractivity contribution in [3.05, 3.63) is 51.0 Å². The highest BCUT2D eigenvalue weighted by molar-refractivity contribution is 7.11. The van der Waals surface area contributed by atoms with Crippen molar-refractivity contribution in [3.8, 4) is 0 Å². The van der Waals surface area contributed by atoms with E-state index in [1.807, 2.05) is 19.1 Å². The SMILES string of the molecule is Cc1nc(CC(O)c2ccc(CC(C)C)cc2)sc1C. The average molecular weight is 289 g/mol. The fourth-order valence-electron chi connectivity index (χ4n) is 2.26. The molecule has 0 bridgehead atoms. The highest BCUT2D eigenvalue weighted by atomic mass is 32.1. The number of hydrogen-bond donors (Lipinski definition) is 1. The molecule has 0 radical (unpaired) electrons. The smallest absolute Gasteiger partial charge is 0.0960 e. The van der Waals surface area contributed by atoms with Gasteiger partial charge >= 0.3 is 0 Å². The molecule has 1 aromatic carbocycles. The Morgan fingerprint density at radius 3 is 2.25 bits per heavy atom. The second-order valence-electron chi connectivity index (χ2n) is 5.81. The molecule has 0 spiro atoms. The van der Waals surface area contributed by atoms with Gasteiger partial charge in [-0.2, -0.15) is 0 Å². The second kappa shape index (κ2) is 6.51. The van der Waals surface area contributed by atoms with E-state index in [2.05, 4.69) is 37.9 Å². The maximum absolute atomic E-state index is 10.3. The molecule has 0 aliphatic carbocycles. The number of nitrogens with zero attached hydrogens (tertiary/aromatic N) is 1. The van der Waals surface area contributed by atoms with Crippen LogP contribution in [0.15, 0.2) is 24.3 Å². The summed E-state index contributed by atoms with van der Waals surface area (Å²) >= 11 is 1.68. The summed E-state index contributed by atoms with van der Waals surface area (Å²) < 4.78 is 0. The summed E-state index contributed by atoms with van der Waals surface area (Å²) in [6, 6.07) is 8.32. The summed E-state index contributed by atoms with van der Waals surface area (Å²) in [5.74, 6) is 0.659. The lowest BCUT2D eigenvalue weighted by Gasteiger charge is -2.11. The summed E-state index contributed by atoms with van der Waals surface area (Å²) in [6.45, 7) is 8.53. The van der Waals surface area contributed by atoms with Gasteiger partial charge in [0.1, 0.15) is 0 Å². The number of aryl methyl sites for hydroxylation is 2. The zero-order valence-electron chi connectivity index (χ0n) is 12.7. The Morgan fingerprint density at radius 2 is 1.75 bits per heavy atom. The van der Waals surface area contributed by atoms with Crippen LogP contribution >= 0.6 is 11.3 Å². The van der Waals surface area contributed by atoms with E-state index in [4.69, 9.17) is 0 Å². The summed E-state index contributed by atoms with van der Waals surface area (Å²) in [4.78, 5) is 5.73. The standard InChI is InChI=1S/C17H23NOS/c1-11(2)9-14-5-7-15(8-6-14)16(19)10-17-18-12(3)13(4)20-17/h5-8,11,16,19H,9-10H2,1-4H3. The molecule has 1 aromatic heterocycles. The molecular formula is C17H23NOS. The van der Waals surface area contributed by atoms with Gasteiger partial charge in [-0.05, 0) is 37.3 Å². The maximum atomic E-state index is 10.3. The topological polar surface area (TPSA) is 33.1 Å². The van der Waals surface area contributed by atoms with E-state index in [9.17, 15) is 5.11 Å². The highest BCUT2D eigenvalue weighted by Crippen LogP contribution is 2.24. The van der Waals surface area contributed by atoms with Crippen LogP contribution in [0.3, 0.4) is 0 Å². The van der Waals surface area contributed by atoms with Gasteiger partial charge in [-0.15, -0.1) is 11.3 Å². The molecule has 1 atom stereocenters. The molecule has 0 fully saturated rings. The Balaban J connectivity index is 2.03. The Bertz CT molecular complexity index is 537. The van der Waals surface area contributed by atoms with Crippen molar-refractivity contribution >= 4 is 11.3 Å². The summed E-state index contributed by atoms with van der Waals surface area (Å²) in [5.41, 5.74) is 3.38. The number of hydrogen-bond acceptors (Lipinski definition) is 3. The van der Waals surface area contributed by atoms with Crippen molar-refractivity contribution in [2.24, 2.45) is 5.92 Å². The van der Waals surface area contributed by atoms with Gasteiger partial charge in [0.25, 0.3) is 0 Å². The molecule has 0 aliphatic heterocycles. The van der Waals surface area contributed by atoms with Crippen molar-refractivity contribution in [2.75, 3.05) is 0 Å². The van der Waals surface area contributed by atoms with Gasteiger partial charge in [0.05, 0.1) is 16.8 Å². The van der Waals surface area contributed by atoms with Crippen LogP contribution in [0.4, 0.5) is 0 Å². The highest BCUT2D eigenvalue weighted by Gasteiger charge is 2.12. The molecule has 0 amide bonds. The molecule has 2 aromatic rings. The first-order valence-corrected chi connectivity index (χ1v) is 7.97. The lowest BCUT2D eigenvalue weighted by molar-refractivity contribution is 0.178. The Kier molecular flexibility index (Phi) is 4.95. The predicted molar refractivity (Wildman–Crippen MR) is 85.2 cm³/mol. The monoisotopic (exact) mass is 289 g/mol. The van der Waals surface area contributed by atoms with Gasteiger partial charge in [0, 0.05) is 11.3 Å². The molecule has 0 aliphatic rings. The van der Waals surface area contributed by atoms with Gasteiger partial charge in [-0.25, -0.2) is 4.98 Å². The molecule has 20 heavy (non-hydrogen) atoms. The Hall–Kier alpha value is -1.19. The molecule has 1 heterocycles. The van der Waals surface area contributed by atoms with Gasteiger partial charge in [0.2, 0.25) is 0 Å². The molecular weight excluding hydrogens is 266 g/mol. The predicted octanol–water partition coefficient (Wildman–Crippen LogP) is 4.23. The summed E-state index contributed by atoms with van der Waals surface area (Å²) in [5, 5.41) is 11.3. The zero-order chi connectivity index (χ0) is 14.7. The fourth-order valence-corrected chi connectivity index (χ4v) is 3.23. The van der Waals surface area contributed by atoms with Crippen molar-refractivity contribution < 1.29 is 5.11 Å². The lowest BCUT2D eigenvalue weighted by atomic mass is 9.99. The van der Waals surface area contributed by atoms with E-state index in [0.717, 1.165) is 22.7 Å². The first kappa shape index (κ1) is 15.2. The van der Waals surface area contributed by atoms with E-state index in [0.29, 0.717) is 12.3 Å². The Labute approximate surface area is 125 Å². The van der Waals surface area contributed by atoms with E-state index in [1.165, 1.54) is 10.4 Å². The normalized spacial score (nSPS) is 12.9. The van der Waals surface area contributed by atoms with Gasteiger partial charge < -0.3 is 5.11 Å². The Morgan fingerprint density at radius 1 is 1.10 bits per heavy atom. The fraction of sp³-hybridized carbons (Fsp3) is 0.471. The molecule has 3 heteroatoms. The molecule has 1 N–H and O–H groups in total. The van der Waals surface area contributed by atoms with Crippen LogP contribution < -0.4 is 0 Å². The third-order valence-corrected chi connectivity index (χ3v) is 4.54. The van der Waals surface area contributed by atoms with Crippen LogP contribution in [0, 0.1) is 19.8 Å². The lowest BCUT2D eigenvalue weighted by Crippen LogP contribution is -2.02. The van der Waals surface area contributed by atoms with Crippen LogP contribution in [0.5, 0.6) is 0 Å². The minimum absolute atomic E-state index is 0.465. The van der Waals surface area contributed by atoms with E-state index < -0.39 is 6.10 Å². The number of benzene rings is 1. The second-order valence-corrected chi connectivity index (χ2v) is 7.10. The summed E-state index contributed by atoms with van der Waals surface area (Å²) in [6.07, 6.45) is 1.22. The number of aliphatic hydroxyl groups is 1. The van der Waals surface area contributed by atoms with E-state index in [1.54, 1.807) is 11.3 Å². The summed E-state index contributed by atoms with van der Waals surface area (Å²) in [7, 11) is 0. The molecule has 2 rings (SSSR count). The van der Waals surface area contributed by atoms with Crippen LogP contribution in [0.2, 0.25) is 0 Å². The molecule has 1 unspecified atom stereocenters. The number of rotatable bonds is 5. The van der Waals surface area contributed by atoms with Crippen LogP contribution in [0.25, 0.3) is 0 Å². The van der Waals surface area contributed by atoms with Crippen molar-refractivity contribution in [2.45, 2.75) is 46.6 Å². The molecule has 0 saturated carbocycles. The maximum Gasteiger partial charge on any atom is 0.0960 e. The number of aliphatic hydroxyl groups excluding tert-OH is 1. The minimum atomic E-state index is -0.465. The van der Waals surface area contributed by atoms with E-state index in [-0.39, 0.29) is 0 Å². The molecule has 108 valence electrons. The first-order chi connectivity index (χ1) is 9.45. The minimum Gasteiger partial charge on any atom is -0.388 e. The third-order valence-electron chi connectivity index (χ3n) is 3.45. The van der Waals surface area contributed by atoms with Gasteiger partial charge in [-0.3, -0.25) is 0 Å². The number of thiazole rings is 1. The first-order valence-electron chi connectivity index (χ1n) is 7.15. The third kappa shape index (κ3) is 3.90. The van der Waals surface area contributed by atoms with Gasteiger partial charge in [-0.1, -0.05) is 38.1 Å². The molecule has 2 nitrogen and oxygen atoms in total. The van der Waals surface area contributed by atoms with Crippen LogP contribution in [0.1, 0.15) is 46.7 Å². The number of aromatic nitrogens is 1. The molecule has 0 saturated heterocycles. The van der Waals surface area contributed by atoms with Crippen molar-refractivity contribution in [1.82, 2.24) is 4.98 Å². The van der Waals surface area contributed by atoms with Crippen LogP contribution in [-0.2, 0) is 12.8 Å². The van der Waals surface area contributed by atoms with Crippen LogP contribution in [-0.4, -0.2) is 10.1 Å². The van der Waals surface area contributed by atoms with E-state index >= 15 is 0 Å². The van der Waals surface area contributed by atoms with Crippen molar-refractivity contribution in [1.29, 1.82) is 0 Å². The largest absolute Gasteiger partial charge is 0.388 e. The van der Waals surface area contributed by atoms with Gasteiger partial charge in [0.15, 0.2) is 0 Å². The quantitative estimate of drug-likeness (QED) is 0.893. The zero-order valence-corrected chi connectivity index (χ0v) is 13.5. The van der Waals surface area contributed by atoms with Crippen molar-refractivity contribution in [3.63, 3.8) is 0 Å². The average Bonchev–Trinajstić information content (AvgIpc) is 2.68.